The number of aryl methyl sites for hydroxylation is 1. The molecule has 0 aliphatic rings. The van der Waals surface area contributed by atoms with Crippen molar-refractivity contribution in [3.8, 4) is 0 Å². The van der Waals surface area contributed by atoms with Gasteiger partial charge < -0.3 is 11.5 Å². The molecule has 0 heterocycles. The SMILES string of the molecule is Cc1cccc(Br)c1.N=C(N)c1ccccc1.NCc1ccccc1. The summed E-state index contributed by atoms with van der Waals surface area (Å²) >= 11 is 3.36. The fourth-order valence-corrected chi connectivity index (χ4v) is 2.35. The number of hydrogen-bond acceptors (Lipinski definition) is 2. The Morgan fingerprint density at radius 2 is 1.44 bits per heavy atom. The lowest BCUT2D eigenvalue weighted by Crippen LogP contribution is -2.10. The highest BCUT2D eigenvalue weighted by atomic mass is 79.9. The molecule has 0 bridgehead atoms. The smallest absolute Gasteiger partial charge is 0.122 e. The molecule has 5 N–H and O–H groups in total. The summed E-state index contributed by atoms with van der Waals surface area (Å²) in [4.78, 5) is 0. The molecule has 4 heteroatoms. The van der Waals surface area contributed by atoms with Gasteiger partial charge in [-0.3, -0.25) is 5.41 Å². The minimum absolute atomic E-state index is 0.121. The Kier molecular flexibility index (Phi) is 9.90. The maximum Gasteiger partial charge on any atom is 0.122 e. The quantitative estimate of drug-likeness (QED) is 0.425. The standard InChI is InChI=1S/C7H7Br.C7H8N2.C7H9N/c1-6-3-2-4-7(8)5-6;8-7(9)6-4-2-1-3-5-6;8-6-7-4-2-1-3-5-7/h2-5H,1H3;1-5H,(H3,8,9);1-5H,6,8H2. The Hall–Kier alpha value is -2.43. The van der Waals surface area contributed by atoms with E-state index in [0.717, 1.165) is 10.0 Å². The van der Waals surface area contributed by atoms with Gasteiger partial charge >= 0.3 is 0 Å². The molecule has 0 amide bonds. The van der Waals surface area contributed by atoms with Gasteiger partial charge in [0.2, 0.25) is 0 Å². The summed E-state index contributed by atoms with van der Waals surface area (Å²) < 4.78 is 1.15. The van der Waals surface area contributed by atoms with Crippen molar-refractivity contribution < 1.29 is 0 Å². The van der Waals surface area contributed by atoms with E-state index < -0.39 is 0 Å². The van der Waals surface area contributed by atoms with E-state index in [1.54, 1.807) is 0 Å². The maximum atomic E-state index is 7.01. The molecule has 25 heavy (non-hydrogen) atoms. The molecular weight excluding hydrogens is 374 g/mol. The van der Waals surface area contributed by atoms with Gasteiger partial charge in [0, 0.05) is 16.6 Å². The van der Waals surface area contributed by atoms with E-state index in [-0.39, 0.29) is 5.84 Å². The van der Waals surface area contributed by atoms with Crippen LogP contribution in [0.1, 0.15) is 16.7 Å². The molecule has 3 rings (SSSR count). The number of nitrogen functional groups attached to an aromatic ring is 1. The van der Waals surface area contributed by atoms with Crippen molar-refractivity contribution in [2.45, 2.75) is 13.5 Å². The molecule has 0 unspecified atom stereocenters. The van der Waals surface area contributed by atoms with Crippen LogP contribution >= 0.6 is 15.9 Å². The number of benzene rings is 3. The summed E-state index contributed by atoms with van der Waals surface area (Å²) in [6, 6.07) is 27.4. The van der Waals surface area contributed by atoms with Crippen molar-refractivity contribution in [2.75, 3.05) is 0 Å². The zero-order valence-corrected chi connectivity index (χ0v) is 15.9. The van der Waals surface area contributed by atoms with Crippen LogP contribution in [0.15, 0.2) is 89.4 Å². The summed E-state index contributed by atoms with van der Waals surface area (Å²) in [5.74, 6) is 0.121. The number of amidine groups is 1. The minimum Gasteiger partial charge on any atom is -0.384 e. The first-order valence-corrected chi connectivity index (χ1v) is 8.68. The Balaban J connectivity index is 0.000000188. The van der Waals surface area contributed by atoms with E-state index in [4.69, 9.17) is 16.9 Å². The first-order valence-electron chi connectivity index (χ1n) is 7.88. The zero-order chi connectivity index (χ0) is 18.5. The van der Waals surface area contributed by atoms with Gasteiger partial charge in [0.15, 0.2) is 0 Å². The van der Waals surface area contributed by atoms with Gasteiger partial charge in [-0.2, -0.15) is 0 Å². The molecule has 130 valence electrons. The van der Waals surface area contributed by atoms with Crippen molar-refractivity contribution in [3.63, 3.8) is 0 Å². The lowest BCUT2D eigenvalue weighted by atomic mass is 10.2. The number of nitrogens with one attached hydrogen (secondary N) is 1. The van der Waals surface area contributed by atoms with E-state index in [0.29, 0.717) is 6.54 Å². The Labute approximate surface area is 158 Å². The van der Waals surface area contributed by atoms with Crippen LogP contribution < -0.4 is 11.5 Å². The third-order valence-corrected chi connectivity index (χ3v) is 3.64. The molecule has 0 spiro atoms. The third kappa shape index (κ3) is 9.45. The van der Waals surface area contributed by atoms with Crippen molar-refractivity contribution in [2.24, 2.45) is 11.5 Å². The maximum absolute atomic E-state index is 7.01. The van der Waals surface area contributed by atoms with Gasteiger partial charge in [-0.1, -0.05) is 94.3 Å². The number of nitrogens with two attached hydrogens (primary N) is 2. The lowest BCUT2D eigenvalue weighted by molar-refractivity contribution is 1.07. The summed E-state index contributed by atoms with van der Waals surface area (Å²) in [6.45, 7) is 2.71. The predicted molar refractivity (Wildman–Crippen MR) is 111 cm³/mol. The zero-order valence-electron chi connectivity index (χ0n) is 14.3. The molecule has 0 atom stereocenters. The van der Waals surface area contributed by atoms with Crippen LogP contribution in [-0.2, 0) is 6.54 Å². The molecule has 0 saturated carbocycles. The average Bonchev–Trinajstić information content (AvgIpc) is 2.64. The van der Waals surface area contributed by atoms with Crippen LogP contribution in [0.5, 0.6) is 0 Å². The van der Waals surface area contributed by atoms with Crippen molar-refractivity contribution in [3.05, 3.63) is 106 Å². The number of rotatable bonds is 2. The summed E-state index contributed by atoms with van der Waals surface area (Å²) in [6.07, 6.45) is 0. The van der Waals surface area contributed by atoms with E-state index >= 15 is 0 Å². The van der Waals surface area contributed by atoms with Gasteiger partial charge in [-0.05, 0) is 24.6 Å². The van der Waals surface area contributed by atoms with Crippen LogP contribution in [0.3, 0.4) is 0 Å². The van der Waals surface area contributed by atoms with Crippen molar-refractivity contribution in [1.29, 1.82) is 5.41 Å². The molecule has 3 nitrogen and oxygen atoms in total. The highest BCUT2D eigenvalue weighted by Gasteiger charge is 1.89. The second kappa shape index (κ2) is 12.0. The molecule has 0 aliphatic heterocycles. The normalized spacial score (nSPS) is 9.08. The predicted octanol–water partition coefficient (Wildman–Crippen LogP) is 4.87. The minimum atomic E-state index is 0.121. The number of hydrogen-bond donors (Lipinski definition) is 3. The van der Waals surface area contributed by atoms with Crippen molar-refractivity contribution >= 4 is 21.8 Å². The highest BCUT2D eigenvalue weighted by Crippen LogP contribution is 2.09. The Morgan fingerprint density at radius 1 is 0.880 bits per heavy atom. The molecular formula is C21H24BrN3. The summed E-state index contributed by atoms with van der Waals surface area (Å²) in [5, 5.41) is 7.01. The number of halogens is 1. The first kappa shape index (κ1) is 20.6. The van der Waals surface area contributed by atoms with Gasteiger partial charge in [0.05, 0.1) is 0 Å². The third-order valence-electron chi connectivity index (χ3n) is 3.14. The first-order chi connectivity index (χ1) is 12.0. The van der Waals surface area contributed by atoms with Gasteiger partial charge in [-0.25, -0.2) is 0 Å². The lowest BCUT2D eigenvalue weighted by Gasteiger charge is -1.93. The van der Waals surface area contributed by atoms with Crippen molar-refractivity contribution in [1.82, 2.24) is 0 Å². The van der Waals surface area contributed by atoms with E-state index in [2.05, 4.69) is 35.0 Å². The average molecular weight is 398 g/mol. The van der Waals surface area contributed by atoms with E-state index in [9.17, 15) is 0 Å². The molecule has 3 aromatic rings. The van der Waals surface area contributed by atoms with Crippen LogP contribution in [0, 0.1) is 12.3 Å². The van der Waals surface area contributed by atoms with Crippen LogP contribution in [-0.4, -0.2) is 5.84 Å². The second-order valence-corrected chi connectivity index (χ2v) is 6.18. The highest BCUT2D eigenvalue weighted by molar-refractivity contribution is 9.10. The molecule has 0 aromatic heterocycles. The van der Waals surface area contributed by atoms with Gasteiger partial charge in [-0.15, -0.1) is 0 Å². The van der Waals surface area contributed by atoms with Crippen LogP contribution in [0.2, 0.25) is 0 Å². The summed E-state index contributed by atoms with van der Waals surface area (Å²) in [7, 11) is 0. The topological polar surface area (TPSA) is 75.9 Å². The van der Waals surface area contributed by atoms with E-state index in [1.165, 1.54) is 11.1 Å². The fourth-order valence-electron chi connectivity index (χ4n) is 1.84. The Bertz CT molecular complexity index is 726. The largest absolute Gasteiger partial charge is 0.384 e. The Morgan fingerprint density at radius 3 is 1.76 bits per heavy atom. The van der Waals surface area contributed by atoms with Crippen LogP contribution in [0.4, 0.5) is 0 Å². The fraction of sp³-hybridized carbons (Fsp3) is 0.0952. The van der Waals surface area contributed by atoms with Gasteiger partial charge in [0.1, 0.15) is 5.84 Å². The molecule has 3 aromatic carbocycles. The molecule has 0 fully saturated rings. The second-order valence-electron chi connectivity index (χ2n) is 5.27. The summed E-state index contributed by atoms with van der Waals surface area (Å²) in [5.41, 5.74) is 13.8. The van der Waals surface area contributed by atoms with Crippen LogP contribution in [0.25, 0.3) is 0 Å². The molecule has 0 saturated heterocycles. The monoisotopic (exact) mass is 397 g/mol. The van der Waals surface area contributed by atoms with Gasteiger partial charge in [0.25, 0.3) is 0 Å². The molecule has 0 radical (unpaired) electrons. The molecule has 0 aliphatic carbocycles. The van der Waals surface area contributed by atoms with E-state index in [1.807, 2.05) is 72.8 Å².